The highest BCUT2D eigenvalue weighted by Crippen LogP contribution is 2.48. The Balaban J connectivity index is 1.57. The van der Waals surface area contributed by atoms with E-state index in [0.717, 1.165) is 46.4 Å². The summed E-state index contributed by atoms with van der Waals surface area (Å²) in [4.78, 5) is 8.26. The molecule has 0 aliphatic heterocycles. The molecule has 8 nitrogen and oxygen atoms in total. The lowest BCUT2D eigenvalue weighted by molar-refractivity contribution is -0.192. The molecule has 1 aromatic heterocycles. The highest BCUT2D eigenvalue weighted by Gasteiger charge is 2.45. The maximum absolute atomic E-state index is 6.89. The summed E-state index contributed by atoms with van der Waals surface area (Å²) in [6.07, 6.45) is 4.23. The molecule has 0 bridgehead atoms. The van der Waals surface area contributed by atoms with Gasteiger partial charge in [0.15, 0.2) is 0 Å². The van der Waals surface area contributed by atoms with Crippen LogP contribution >= 0.6 is 0 Å². The van der Waals surface area contributed by atoms with Crippen LogP contribution in [0.25, 0.3) is 11.1 Å². The van der Waals surface area contributed by atoms with E-state index >= 15 is 0 Å². The lowest BCUT2D eigenvalue weighted by atomic mass is 9.98. The molecule has 0 spiro atoms. The van der Waals surface area contributed by atoms with Gasteiger partial charge < -0.3 is 30.4 Å². The number of hydrogen-bond acceptors (Lipinski definition) is 8. The van der Waals surface area contributed by atoms with Crippen molar-refractivity contribution in [1.29, 1.82) is 0 Å². The first-order chi connectivity index (χ1) is 19.4. The fourth-order valence-electron chi connectivity index (χ4n) is 4.79. The normalized spacial score (nSPS) is 14.4. The van der Waals surface area contributed by atoms with Gasteiger partial charge in [0.05, 0.1) is 25.9 Å². The van der Waals surface area contributed by atoms with Crippen molar-refractivity contribution in [2.45, 2.75) is 45.5 Å². The Kier molecular flexibility index (Phi) is 8.07. The van der Waals surface area contributed by atoms with E-state index in [1.54, 1.807) is 13.3 Å². The van der Waals surface area contributed by atoms with Crippen LogP contribution in [0.3, 0.4) is 0 Å². The zero-order valence-electron chi connectivity index (χ0n) is 23.2. The molecule has 1 heterocycles. The number of aromatic nitrogens is 2. The third kappa shape index (κ3) is 6.29. The summed E-state index contributed by atoms with van der Waals surface area (Å²) in [5, 5.41) is 0. The number of nitrogen functional groups attached to an aromatic ring is 2. The van der Waals surface area contributed by atoms with E-state index in [0.29, 0.717) is 37.0 Å². The van der Waals surface area contributed by atoms with Crippen LogP contribution in [0.1, 0.15) is 43.4 Å². The maximum atomic E-state index is 6.89. The molecule has 0 radical (unpaired) electrons. The highest BCUT2D eigenvalue weighted by molar-refractivity contribution is 5.78. The van der Waals surface area contributed by atoms with Gasteiger partial charge in [-0.25, -0.2) is 4.98 Å². The predicted molar refractivity (Wildman–Crippen MR) is 156 cm³/mol. The number of ether oxygens (including phenoxy) is 4. The first-order valence-corrected chi connectivity index (χ1v) is 13.6. The van der Waals surface area contributed by atoms with Crippen LogP contribution in [0, 0.1) is 5.92 Å². The number of nitrogens with zero attached hydrogens (tertiary/aromatic N) is 2. The topological polar surface area (TPSA) is 115 Å². The average molecular weight is 541 g/mol. The number of methoxy groups -OCH3 is 1. The Hall–Kier alpha value is -4.30. The van der Waals surface area contributed by atoms with Crippen molar-refractivity contribution < 1.29 is 18.9 Å². The van der Waals surface area contributed by atoms with Gasteiger partial charge in [-0.3, -0.25) is 0 Å². The van der Waals surface area contributed by atoms with Crippen LogP contribution < -0.4 is 25.7 Å². The van der Waals surface area contributed by atoms with E-state index in [9.17, 15) is 0 Å². The van der Waals surface area contributed by atoms with Crippen LogP contribution in [-0.2, 0) is 17.8 Å². The van der Waals surface area contributed by atoms with Crippen LogP contribution in [0.4, 0.5) is 11.8 Å². The number of benzene rings is 3. The largest absolute Gasteiger partial charge is 0.497 e. The molecule has 0 amide bonds. The number of hydrogen-bond donors (Lipinski definition) is 2. The molecule has 1 unspecified atom stereocenters. The smallest absolute Gasteiger partial charge is 0.221 e. The van der Waals surface area contributed by atoms with Gasteiger partial charge in [0.1, 0.15) is 23.1 Å². The molecular weight excluding hydrogens is 504 g/mol. The van der Waals surface area contributed by atoms with E-state index in [1.807, 2.05) is 68.4 Å². The summed E-state index contributed by atoms with van der Waals surface area (Å²) in [5.41, 5.74) is 16.5. The fourth-order valence-corrected chi connectivity index (χ4v) is 4.79. The monoisotopic (exact) mass is 540 g/mol. The van der Waals surface area contributed by atoms with Crippen molar-refractivity contribution >= 4 is 11.8 Å². The average Bonchev–Trinajstić information content (AvgIpc) is 3.81. The summed E-state index contributed by atoms with van der Waals surface area (Å²) in [6.45, 7) is 4.94. The van der Waals surface area contributed by atoms with Crippen molar-refractivity contribution in [3.63, 3.8) is 0 Å². The molecule has 4 aromatic rings. The predicted octanol–water partition coefficient (Wildman–Crippen LogP) is 6.03. The summed E-state index contributed by atoms with van der Waals surface area (Å²) < 4.78 is 25.0. The van der Waals surface area contributed by atoms with Gasteiger partial charge in [0, 0.05) is 31.0 Å². The third-order valence-corrected chi connectivity index (χ3v) is 7.12. The second kappa shape index (κ2) is 11.8. The molecule has 3 aromatic carbocycles. The highest BCUT2D eigenvalue weighted by atomic mass is 16.7. The Morgan fingerprint density at radius 1 is 0.950 bits per heavy atom. The van der Waals surface area contributed by atoms with Crippen LogP contribution in [0.5, 0.6) is 17.2 Å². The van der Waals surface area contributed by atoms with Gasteiger partial charge in [-0.1, -0.05) is 42.5 Å². The van der Waals surface area contributed by atoms with Crippen molar-refractivity contribution in [3.05, 3.63) is 89.6 Å². The number of anilines is 2. The molecule has 1 aliphatic carbocycles. The molecule has 208 valence electrons. The van der Waals surface area contributed by atoms with Crippen molar-refractivity contribution in [2.75, 3.05) is 25.2 Å². The fraction of sp³-hybridized carbons (Fsp3) is 0.312. The maximum Gasteiger partial charge on any atom is 0.221 e. The standard InChI is InChI=1S/C32H36N4O4/c1-4-38-27-17-22(16-24-19-35-31(34)36-30(24)33)18-28(29(27)23-10-14-26(37-3)15-11-23)40-32(2,25-12-13-25)39-20-21-8-6-5-7-9-21/h5-11,14-15,17-19,25H,4,12-13,16,20H2,1-3H3,(H4,33,34,35,36). The molecule has 4 N–H and O–H groups in total. The minimum atomic E-state index is -0.831. The zero-order chi connectivity index (χ0) is 28.1. The van der Waals surface area contributed by atoms with E-state index < -0.39 is 5.79 Å². The Morgan fingerprint density at radius 2 is 1.68 bits per heavy atom. The van der Waals surface area contributed by atoms with Gasteiger partial charge in [-0.15, -0.1) is 0 Å². The van der Waals surface area contributed by atoms with E-state index in [1.165, 1.54) is 0 Å². The second-order valence-corrected chi connectivity index (χ2v) is 10.1. The van der Waals surface area contributed by atoms with Crippen LogP contribution in [0.2, 0.25) is 0 Å². The molecular formula is C32H36N4O4. The van der Waals surface area contributed by atoms with E-state index in [-0.39, 0.29) is 11.9 Å². The third-order valence-electron chi connectivity index (χ3n) is 7.12. The molecule has 5 rings (SSSR count). The van der Waals surface area contributed by atoms with Gasteiger partial charge in [0.2, 0.25) is 11.7 Å². The molecule has 1 saturated carbocycles. The van der Waals surface area contributed by atoms with Crippen LogP contribution in [0.15, 0.2) is 72.9 Å². The van der Waals surface area contributed by atoms with Gasteiger partial charge in [-0.2, -0.15) is 4.98 Å². The van der Waals surface area contributed by atoms with Crippen molar-refractivity contribution in [3.8, 4) is 28.4 Å². The van der Waals surface area contributed by atoms with Gasteiger partial charge >= 0.3 is 0 Å². The minimum absolute atomic E-state index is 0.144. The Bertz CT molecular complexity index is 1440. The van der Waals surface area contributed by atoms with Crippen molar-refractivity contribution in [1.82, 2.24) is 9.97 Å². The molecule has 1 atom stereocenters. The minimum Gasteiger partial charge on any atom is -0.497 e. The van der Waals surface area contributed by atoms with Crippen LogP contribution in [-0.4, -0.2) is 29.5 Å². The number of nitrogens with two attached hydrogens (primary N) is 2. The summed E-state index contributed by atoms with van der Waals surface area (Å²) in [6, 6.07) is 22.1. The number of rotatable bonds is 12. The Labute approximate surface area is 235 Å². The Morgan fingerprint density at radius 3 is 2.33 bits per heavy atom. The lowest BCUT2D eigenvalue weighted by Gasteiger charge is -2.32. The second-order valence-electron chi connectivity index (χ2n) is 10.1. The van der Waals surface area contributed by atoms with E-state index in [4.69, 9.17) is 30.4 Å². The first kappa shape index (κ1) is 27.3. The molecule has 8 heteroatoms. The molecule has 1 fully saturated rings. The van der Waals surface area contributed by atoms with Gasteiger partial charge in [0.25, 0.3) is 0 Å². The molecule has 40 heavy (non-hydrogen) atoms. The molecule has 0 saturated heterocycles. The SMILES string of the molecule is CCOc1cc(Cc2cnc(N)nc2N)cc(OC(C)(OCc2ccccc2)C2CC2)c1-c1ccc(OC)cc1. The zero-order valence-corrected chi connectivity index (χ0v) is 23.2. The summed E-state index contributed by atoms with van der Waals surface area (Å²) >= 11 is 0. The lowest BCUT2D eigenvalue weighted by Crippen LogP contribution is -2.38. The van der Waals surface area contributed by atoms with Crippen molar-refractivity contribution in [2.24, 2.45) is 5.92 Å². The summed E-state index contributed by atoms with van der Waals surface area (Å²) in [5.74, 6) is 2.09. The first-order valence-electron chi connectivity index (χ1n) is 13.6. The quantitative estimate of drug-likeness (QED) is 0.209. The van der Waals surface area contributed by atoms with E-state index in [2.05, 4.69) is 22.1 Å². The summed E-state index contributed by atoms with van der Waals surface area (Å²) in [7, 11) is 1.65. The van der Waals surface area contributed by atoms with Gasteiger partial charge in [-0.05, 0) is 60.7 Å². The molecule has 1 aliphatic rings.